The molecule has 0 saturated carbocycles. The minimum Gasteiger partial charge on any atom is -0.483 e. The second-order valence-electron chi connectivity index (χ2n) is 9.14. The van der Waals surface area contributed by atoms with Crippen molar-refractivity contribution in [1.82, 2.24) is 9.97 Å². The average molecular weight is 519 g/mol. The van der Waals surface area contributed by atoms with Crippen LogP contribution in [0.2, 0.25) is 5.02 Å². The van der Waals surface area contributed by atoms with E-state index in [9.17, 15) is 19.3 Å². The van der Waals surface area contributed by atoms with E-state index < -0.39 is 22.4 Å². The van der Waals surface area contributed by atoms with Gasteiger partial charge in [-0.3, -0.25) is 10.1 Å². The molecule has 0 atom stereocenters. The highest BCUT2D eigenvalue weighted by Gasteiger charge is 2.30. The molecule has 1 aliphatic heterocycles. The first-order valence-corrected chi connectivity index (χ1v) is 11.6. The summed E-state index contributed by atoms with van der Waals surface area (Å²) < 4.78 is 30.7. The van der Waals surface area contributed by atoms with E-state index in [1.165, 1.54) is 30.6 Å². The summed E-state index contributed by atoms with van der Waals surface area (Å²) in [5.41, 5.74) is -0.736. The zero-order valence-electron chi connectivity index (χ0n) is 19.9. The first-order valence-electron chi connectivity index (χ1n) is 11.2. The molecule has 1 saturated heterocycles. The van der Waals surface area contributed by atoms with E-state index in [1.807, 2.05) is 0 Å². The Morgan fingerprint density at radius 3 is 2.58 bits per heavy atom. The summed E-state index contributed by atoms with van der Waals surface area (Å²) in [7, 11) is 0. The lowest BCUT2D eigenvalue weighted by Crippen LogP contribution is -2.34. The third-order valence-corrected chi connectivity index (χ3v) is 5.59. The number of halogens is 2. The van der Waals surface area contributed by atoms with E-state index in [0.29, 0.717) is 31.6 Å². The molecule has 36 heavy (non-hydrogen) atoms. The summed E-state index contributed by atoms with van der Waals surface area (Å²) in [5, 5.41) is 11.9. The fourth-order valence-corrected chi connectivity index (χ4v) is 3.87. The van der Waals surface area contributed by atoms with E-state index in [-0.39, 0.29) is 39.5 Å². The first-order chi connectivity index (χ1) is 17.0. The number of nitro groups is 1. The minimum absolute atomic E-state index is 0.00218. The topological polar surface area (TPSA) is 117 Å². The van der Waals surface area contributed by atoms with Gasteiger partial charge in [-0.1, -0.05) is 11.6 Å². The van der Waals surface area contributed by atoms with Crippen molar-refractivity contribution >= 4 is 45.8 Å². The predicted molar refractivity (Wildman–Crippen MR) is 130 cm³/mol. The first kappa shape index (κ1) is 25.5. The lowest BCUT2D eigenvalue weighted by atomic mass is 10.1. The number of anilines is 2. The Bertz CT molecular complexity index is 1310. The van der Waals surface area contributed by atoms with Crippen LogP contribution >= 0.6 is 11.6 Å². The molecule has 2 aromatic carbocycles. The highest BCUT2D eigenvalue weighted by Crippen LogP contribution is 2.39. The maximum atomic E-state index is 13.9. The summed E-state index contributed by atoms with van der Waals surface area (Å²) in [5.74, 6) is -0.627. The molecule has 4 rings (SSSR count). The third-order valence-electron chi connectivity index (χ3n) is 5.30. The van der Waals surface area contributed by atoms with Crippen LogP contribution in [0.5, 0.6) is 5.75 Å². The summed E-state index contributed by atoms with van der Waals surface area (Å²) in [4.78, 5) is 34.2. The lowest BCUT2D eigenvalue weighted by Gasteiger charge is -2.27. The van der Waals surface area contributed by atoms with Gasteiger partial charge in [0.2, 0.25) is 0 Å². The van der Waals surface area contributed by atoms with Crippen molar-refractivity contribution in [3.63, 3.8) is 0 Å². The molecule has 0 spiro atoms. The Morgan fingerprint density at radius 1 is 1.22 bits per heavy atom. The van der Waals surface area contributed by atoms with Gasteiger partial charge in [-0.2, -0.15) is 0 Å². The average Bonchev–Trinajstić information content (AvgIpc) is 2.80. The van der Waals surface area contributed by atoms with Crippen LogP contribution in [0.25, 0.3) is 10.9 Å². The Labute approximate surface area is 211 Å². The molecule has 10 nitrogen and oxygen atoms in total. The second-order valence-corrected chi connectivity index (χ2v) is 9.54. The number of fused-ring (bicyclic) bond motifs is 1. The summed E-state index contributed by atoms with van der Waals surface area (Å²) in [6.07, 6.45) is 1.33. The van der Waals surface area contributed by atoms with Crippen LogP contribution < -0.4 is 9.64 Å². The zero-order chi connectivity index (χ0) is 26.0. The number of carbonyl (C=O) groups is 1. The van der Waals surface area contributed by atoms with Crippen molar-refractivity contribution in [1.29, 1.82) is 0 Å². The van der Waals surface area contributed by atoms with Crippen molar-refractivity contribution in [2.75, 3.05) is 18.1 Å². The number of nitro benzene ring substituents is 1. The summed E-state index contributed by atoms with van der Waals surface area (Å²) >= 11 is 5.98. The fourth-order valence-electron chi connectivity index (χ4n) is 3.69. The SMILES string of the molecule is CC(C)(C)OC(=O)N(c1ccc(F)c(Cl)c1)c1ncnc2cc(OC3CCOCC3)c([N+](=O)[O-])cc12. The lowest BCUT2D eigenvalue weighted by molar-refractivity contribution is -0.386. The van der Waals surface area contributed by atoms with Crippen molar-refractivity contribution in [2.24, 2.45) is 0 Å². The number of nitrogens with zero attached hydrogens (tertiary/aromatic N) is 4. The number of hydrogen-bond acceptors (Lipinski definition) is 8. The third kappa shape index (κ3) is 5.63. The van der Waals surface area contributed by atoms with Crippen molar-refractivity contribution in [2.45, 2.75) is 45.3 Å². The van der Waals surface area contributed by atoms with Gasteiger partial charge in [-0.15, -0.1) is 0 Å². The van der Waals surface area contributed by atoms with E-state index in [1.54, 1.807) is 20.8 Å². The Hall–Kier alpha value is -3.57. The van der Waals surface area contributed by atoms with Crippen LogP contribution in [0.15, 0.2) is 36.7 Å². The number of carbonyl (C=O) groups excluding carboxylic acids is 1. The molecular formula is C24H24ClFN4O6. The Morgan fingerprint density at radius 2 is 1.94 bits per heavy atom. The van der Waals surface area contributed by atoms with Crippen LogP contribution in [0.3, 0.4) is 0 Å². The minimum atomic E-state index is -0.876. The van der Waals surface area contributed by atoms with Crippen molar-refractivity contribution < 1.29 is 28.3 Å². The molecule has 1 fully saturated rings. The molecule has 0 bridgehead atoms. The predicted octanol–water partition coefficient (Wildman–Crippen LogP) is 5.96. The molecule has 1 aromatic heterocycles. The number of ether oxygens (including phenoxy) is 3. The van der Waals surface area contributed by atoms with Crippen LogP contribution in [0, 0.1) is 15.9 Å². The molecule has 0 radical (unpaired) electrons. The van der Waals surface area contributed by atoms with E-state index in [0.717, 1.165) is 11.0 Å². The maximum Gasteiger partial charge on any atom is 0.420 e. The van der Waals surface area contributed by atoms with Crippen LogP contribution in [0.1, 0.15) is 33.6 Å². The zero-order valence-corrected chi connectivity index (χ0v) is 20.6. The van der Waals surface area contributed by atoms with E-state index >= 15 is 0 Å². The monoisotopic (exact) mass is 518 g/mol. The van der Waals surface area contributed by atoms with Gasteiger partial charge in [0.15, 0.2) is 11.6 Å². The Balaban J connectivity index is 1.87. The molecule has 0 unspecified atom stereocenters. The standard InChI is InChI=1S/C24H24ClFN4O6/c1-24(2,3)36-23(31)29(14-4-5-18(26)17(25)10-14)22-16-11-20(30(32)33)21(12-19(16)27-13-28-22)35-15-6-8-34-9-7-15/h4-5,10-13,15H,6-9H2,1-3H3. The van der Waals surface area contributed by atoms with Gasteiger partial charge < -0.3 is 14.2 Å². The second kappa shape index (κ2) is 10.2. The summed E-state index contributed by atoms with van der Waals surface area (Å²) in [6.45, 7) is 6.06. The molecule has 0 aliphatic carbocycles. The molecule has 1 aliphatic rings. The van der Waals surface area contributed by atoms with Gasteiger partial charge in [-0.25, -0.2) is 24.1 Å². The van der Waals surface area contributed by atoms with Crippen LogP contribution in [0.4, 0.5) is 26.4 Å². The van der Waals surface area contributed by atoms with Crippen LogP contribution in [-0.2, 0) is 9.47 Å². The fraction of sp³-hybridized carbons (Fsp3) is 0.375. The summed E-state index contributed by atoms with van der Waals surface area (Å²) in [6, 6.07) is 6.36. The molecule has 12 heteroatoms. The van der Waals surface area contributed by atoms with Gasteiger partial charge in [0.25, 0.3) is 0 Å². The largest absolute Gasteiger partial charge is 0.483 e. The molecule has 1 amide bonds. The quantitative estimate of drug-likeness (QED) is 0.300. The van der Waals surface area contributed by atoms with E-state index in [4.69, 9.17) is 25.8 Å². The van der Waals surface area contributed by atoms with Gasteiger partial charge in [0, 0.05) is 25.0 Å². The normalized spacial score (nSPS) is 14.5. The maximum absolute atomic E-state index is 13.9. The van der Waals surface area contributed by atoms with Gasteiger partial charge >= 0.3 is 11.8 Å². The number of rotatable bonds is 5. The highest BCUT2D eigenvalue weighted by atomic mass is 35.5. The van der Waals surface area contributed by atoms with Gasteiger partial charge in [0.05, 0.1) is 39.8 Å². The molecule has 2 heterocycles. The smallest absolute Gasteiger partial charge is 0.420 e. The molecule has 3 aromatic rings. The number of hydrogen-bond donors (Lipinski definition) is 0. The molecule has 0 N–H and O–H groups in total. The van der Waals surface area contributed by atoms with Crippen molar-refractivity contribution in [3.05, 3.63) is 57.6 Å². The molecular weight excluding hydrogens is 495 g/mol. The number of aromatic nitrogens is 2. The van der Waals surface area contributed by atoms with Crippen LogP contribution in [-0.4, -0.2) is 45.9 Å². The highest BCUT2D eigenvalue weighted by molar-refractivity contribution is 6.31. The Kier molecular flexibility index (Phi) is 7.23. The number of benzene rings is 2. The van der Waals surface area contributed by atoms with Crippen molar-refractivity contribution in [3.8, 4) is 5.75 Å². The van der Waals surface area contributed by atoms with Gasteiger partial charge in [-0.05, 0) is 39.0 Å². The molecule has 190 valence electrons. The number of amides is 1. The van der Waals surface area contributed by atoms with E-state index in [2.05, 4.69) is 9.97 Å². The van der Waals surface area contributed by atoms with Gasteiger partial charge in [0.1, 0.15) is 23.8 Å².